The van der Waals surface area contributed by atoms with Crippen LogP contribution in [-0.2, 0) is 12.6 Å². The molecule has 1 fully saturated rings. The van der Waals surface area contributed by atoms with Crippen LogP contribution in [0.2, 0.25) is 0 Å². The van der Waals surface area contributed by atoms with Gasteiger partial charge < -0.3 is 24.8 Å². The molecular formula is C35H42F3N7O4S. The van der Waals surface area contributed by atoms with Gasteiger partial charge >= 0.3 is 18.2 Å². The molecule has 0 unspecified atom stereocenters. The van der Waals surface area contributed by atoms with E-state index >= 15 is 0 Å². The van der Waals surface area contributed by atoms with E-state index in [0.29, 0.717) is 41.8 Å². The van der Waals surface area contributed by atoms with Crippen LogP contribution < -0.4 is 16.1 Å². The zero-order chi connectivity index (χ0) is 36.2. The second-order valence-corrected chi connectivity index (χ2v) is 13.0. The summed E-state index contributed by atoms with van der Waals surface area (Å²) in [6.07, 6.45) is -1.20. The molecule has 2 amide bonds. The second kappa shape index (κ2) is 15.7. The number of alkyl halides is 3. The lowest BCUT2D eigenvalue weighted by atomic mass is 9.96. The van der Waals surface area contributed by atoms with Gasteiger partial charge in [-0.05, 0) is 69.6 Å². The highest BCUT2D eigenvalue weighted by Gasteiger charge is 2.34. The number of likely N-dealkylation sites (tertiary alicyclic amines) is 1. The van der Waals surface area contributed by atoms with Crippen LogP contribution in [0.15, 0.2) is 40.6 Å². The van der Waals surface area contributed by atoms with Gasteiger partial charge in [-0.3, -0.25) is 10.1 Å². The lowest BCUT2D eigenvalue weighted by Crippen LogP contribution is -2.42. The van der Waals surface area contributed by atoms with Crippen LogP contribution in [0, 0.1) is 0 Å². The second-order valence-electron chi connectivity index (χ2n) is 12.2. The molecule has 0 aliphatic carbocycles. The molecule has 5 rings (SSSR count). The predicted molar refractivity (Wildman–Crippen MR) is 189 cm³/mol. The van der Waals surface area contributed by atoms with Crippen LogP contribution in [0.3, 0.4) is 0 Å². The molecule has 1 aromatic carbocycles. The number of piperidine rings is 1. The van der Waals surface area contributed by atoms with Crippen molar-refractivity contribution < 1.29 is 27.9 Å². The van der Waals surface area contributed by atoms with E-state index in [-0.39, 0.29) is 33.4 Å². The number of aromatic carboxylic acids is 1. The van der Waals surface area contributed by atoms with Gasteiger partial charge in [0.2, 0.25) is 5.43 Å². The molecule has 50 heavy (non-hydrogen) atoms. The number of carbonyl (C=O) groups is 2. The van der Waals surface area contributed by atoms with Gasteiger partial charge in [0.25, 0.3) is 0 Å². The van der Waals surface area contributed by atoms with Crippen molar-refractivity contribution in [2.75, 3.05) is 51.1 Å². The molecule has 1 aliphatic heterocycles. The van der Waals surface area contributed by atoms with Gasteiger partial charge in [-0.1, -0.05) is 26.8 Å². The van der Waals surface area contributed by atoms with E-state index in [1.54, 1.807) is 25.1 Å². The zero-order valence-corrected chi connectivity index (χ0v) is 29.4. The highest BCUT2D eigenvalue weighted by Crippen LogP contribution is 2.39. The molecular weight excluding hydrogens is 671 g/mol. The molecule has 11 nitrogen and oxygen atoms in total. The van der Waals surface area contributed by atoms with Gasteiger partial charge in [-0.15, -0.1) is 11.3 Å². The third kappa shape index (κ3) is 7.84. The van der Waals surface area contributed by atoms with Crippen molar-refractivity contribution in [3.8, 4) is 21.7 Å². The summed E-state index contributed by atoms with van der Waals surface area (Å²) >= 11 is 0.786. The average Bonchev–Trinajstić information content (AvgIpc) is 3.60. The molecule has 3 N–H and O–H groups in total. The number of carboxylic acid groups (broad SMARTS) is 1. The number of carboxylic acids is 1. The molecule has 15 heteroatoms. The Kier molecular flexibility index (Phi) is 11.6. The maximum absolute atomic E-state index is 14.0. The fraction of sp³-hybridized carbons (Fsp3) is 0.457. The molecule has 4 heterocycles. The number of benzene rings is 1. The Bertz CT molecular complexity index is 1920. The van der Waals surface area contributed by atoms with Crippen molar-refractivity contribution in [3.05, 3.63) is 63.0 Å². The third-order valence-corrected chi connectivity index (χ3v) is 10.0. The molecule has 0 saturated carbocycles. The summed E-state index contributed by atoms with van der Waals surface area (Å²) in [5, 5.41) is 16.6. The number of hydrogen-bond acceptors (Lipinski definition) is 8. The largest absolute Gasteiger partial charge is 0.477 e. The lowest BCUT2D eigenvalue weighted by Gasteiger charge is -2.37. The van der Waals surface area contributed by atoms with Crippen LogP contribution in [0.25, 0.3) is 32.6 Å². The molecule has 1 atom stereocenters. The summed E-state index contributed by atoms with van der Waals surface area (Å²) in [4.78, 5) is 51.8. The number of amides is 2. The Labute approximate surface area is 292 Å². The number of anilines is 1. The first-order chi connectivity index (χ1) is 23.9. The maximum atomic E-state index is 14.0. The number of rotatable bonds is 12. The number of nitrogens with zero attached hydrogens (tertiary/aromatic N) is 5. The third-order valence-electron chi connectivity index (χ3n) is 9.15. The number of thiazole rings is 1. The number of aromatic nitrogens is 3. The first-order valence-corrected chi connectivity index (χ1v) is 17.7. The van der Waals surface area contributed by atoms with E-state index in [2.05, 4.69) is 44.2 Å². The van der Waals surface area contributed by atoms with Crippen molar-refractivity contribution >= 4 is 40.1 Å². The molecule has 1 saturated heterocycles. The van der Waals surface area contributed by atoms with Crippen molar-refractivity contribution in [2.45, 2.75) is 59.2 Å². The highest BCUT2D eigenvalue weighted by atomic mass is 32.1. The fourth-order valence-electron chi connectivity index (χ4n) is 6.66. The van der Waals surface area contributed by atoms with E-state index in [9.17, 15) is 32.7 Å². The Balaban J connectivity index is 1.65. The van der Waals surface area contributed by atoms with Crippen LogP contribution in [0.4, 0.5) is 23.8 Å². The van der Waals surface area contributed by atoms with Crippen LogP contribution in [-0.4, -0.2) is 87.3 Å². The van der Waals surface area contributed by atoms with Gasteiger partial charge in [-0.25, -0.2) is 19.6 Å². The predicted octanol–water partition coefficient (Wildman–Crippen LogP) is 6.59. The Hall–Kier alpha value is -4.34. The number of carbonyl (C=O) groups excluding carboxylic acids is 1. The summed E-state index contributed by atoms with van der Waals surface area (Å²) in [7, 11) is 0. The van der Waals surface area contributed by atoms with Gasteiger partial charge in [-0.2, -0.15) is 13.2 Å². The minimum absolute atomic E-state index is 0.0331. The lowest BCUT2D eigenvalue weighted by molar-refractivity contribution is -0.140. The molecule has 268 valence electrons. The molecule has 0 bridgehead atoms. The van der Waals surface area contributed by atoms with Crippen molar-refractivity contribution in [3.63, 3.8) is 0 Å². The van der Waals surface area contributed by atoms with Gasteiger partial charge in [0.05, 0.1) is 5.52 Å². The normalized spacial score (nSPS) is 15.5. The first-order valence-electron chi connectivity index (χ1n) is 16.9. The Morgan fingerprint density at radius 1 is 1.12 bits per heavy atom. The van der Waals surface area contributed by atoms with E-state index in [0.717, 1.165) is 62.3 Å². The topological polar surface area (TPSA) is 133 Å². The molecule has 0 spiro atoms. The number of pyridine rings is 2. The van der Waals surface area contributed by atoms with Crippen LogP contribution in [0.1, 0.15) is 68.3 Å². The standard InChI is InChI=1S/C35H42F3N7O4S/c1-5-26-30(33(47)48)31(46)24-16-21(11-12-27(24)45(26)22-10-9-13-44(19-22)15-14-43(7-3)8-4)25-18-40-29(42-34(49)39-6-2)17-23(25)32-41-28(20-50-32)35(36,37)38/h11-12,16-18,20,22H,5-10,13-15,19H2,1-4H3,(H,47,48)(H2,39,40,42,49)/t22-/m0/s1. The molecule has 4 aromatic rings. The summed E-state index contributed by atoms with van der Waals surface area (Å²) in [6, 6.07) is 5.94. The minimum Gasteiger partial charge on any atom is -0.477 e. The zero-order valence-electron chi connectivity index (χ0n) is 28.6. The quantitative estimate of drug-likeness (QED) is 0.150. The van der Waals surface area contributed by atoms with Crippen molar-refractivity contribution in [1.82, 2.24) is 29.7 Å². The van der Waals surface area contributed by atoms with Gasteiger partial charge in [0.1, 0.15) is 16.4 Å². The summed E-state index contributed by atoms with van der Waals surface area (Å²) in [5.41, 5.74) is 0.128. The number of halogens is 3. The summed E-state index contributed by atoms with van der Waals surface area (Å²) < 4.78 is 42.7. The Morgan fingerprint density at radius 2 is 1.88 bits per heavy atom. The van der Waals surface area contributed by atoms with Crippen LogP contribution in [0.5, 0.6) is 0 Å². The molecule has 3 aromatic heterocycles. The molecule has 0 radical (unpaired) electrons. The summed E-state index contributed by atoms with van der Waals surface area (Å²) in [5.74, 6) is -1.22. The van der Waals surface area contributed by atoms with Crippen molar-refractivity contribution in [1.29, 1.82) is 0 Å². The monoisotopic (exact) mass is 713 g/mol. The SMILES string of the molecule is CCNC(=O)Nc1cc(-c2nc(C(F)(F)F)cs2)c(-c2ccc3c(c2)c(=O)c(C(=O)O)c(CC)n3[C@H]2CCCN(CCN(CC)CC)C2)cn1. The number of hydrogen-bond donors (Lipinski definition) is 3. The van der Waals surface area contributed by atoms with E-state index in [1.807, 2.05) is 11.5 Å². The average molecular weight is 714 g/mol. The van der Waals surface area contributed by atoms with E-state index < -0.39 is 29.3 Å². The van der Waals surface area contributed by atoms with Crippen LogP contribution >= 0.6 is 11.3 Å². The minimum atomic E-state index is -4.66. The van der Waals surface area contributed by atoms with E-state index in [1.165, 1.54) is 12.3 Å². The first kappa shape index (κ1) is 36.9. The maximum Gasteiger partial charge on any atom is 0.434 e. The van der Waals surface area contributed by atoms with Gasteiger partial charge in [0.15, 0.2) is 5.69 Å². The number of nitrogens with one attached hydrogen (secondary N) is 2. The number of urea groups is 1. The summed E-state index contributed by atoms with van der Waals surface area (Å²) in [6.45, 7) is 13.5. The smallest absolute Gasteiger partial charge is 0.434 e. The number of fused-ring (bicyclic) bond motifs is 1. The van der Waals surface area contributed by atoms with Crippen molar-refractivity contribution in [2.24, 2.45) is 0 Å². The number of likely N-dealkylation sites (N-methyl/N-ethyl adjacent to an activating group) is 1. The van der Waals surface area contributed by atoms with Gasteiger partial charge in [0, 0.05) is 66.0 Å². The molecule has 1 aliphatic rings. The van der Waals surface area contributed by atoms with E-state index in [4.69, 9.17) is 0 Å². The fourth-order valence-corrected chi connectivity index (χ4v) is 7.52. The highest BCUT2D eigenvalue weighted by molar-refractivity contribution is 7.13. The Morgan fingerprint density at radius 3 is 2.52 bits per heavy atom.